The lowest BCUT2D eigenvalue weighted by Crippen LogP contribution is -2.26. The van der Waals surface area contributed by atoms with Gasteiger partial charge in [-0.15, -0.1) is 0 Å². The zero-order valence-electron chi connectivity index (χ0n) is 8.23. The lowest BCUT2D eigenvalue weighted by Gasteiger charge is -2.16. The Hall–Kier alpha value is -1.06. The second-order valence-electron chi connectivity index (χ2n) is 3.63. The lowest BCUT2D eigenvalue weighted by atomic mass is 10.1. The molecule has 1 aromatic carbocycles. The molecule has 1 aromatic rings. The van der Waals surface area contributed by atoms with E-state index in [0.29, 0.717) is 12.4 Å². The van der Waals surface area contributed by atoms with Gasteiger partial charge in [0, 0.05) is 12.6 Å². The third-order valence-corrected chi connectivity index (χ3v) is 2.62. The first-order valence-electron chi connectivity index (χ1n) is 4.91. The first kappa shape index (κ1) is 9.49. The van der Waals surface area contributed by atoms with Gasteiger partial charge in [0.2, 0.25) is 0 Å². The van der Waals surface area contributed by atoms with E-state index in [2.05, 4.69) is 0 Å². The molecule has 0 aromatic heterocycles. The maximum absolute atomic E-state index is 9.32. The van der Waals surface area contributed by atoms with Gasteiger partial charge in [0.05, 0.1) is 6.10 Å². The van der Waals surface area contributed by atoms with Crippen molar-refractivity contribution in [2.24, 2.45) is 5.73 Å². The second kappa shape index (κ2) is 3.59. The highest BCUT2D eigenvalue weighted by Crippen LogP contribution is 2.34. The van der Waals surface area contributed by atoms with Gasteiger partial charge in [0.25, 0.3) is 0 Å². The van der Waals surface area contributed by atoms with Crippen LogP contribution in [0.15, 0.2) is 18.2 Å². The summed E-state index contributed by atoms with van der Waals surface area (Å²) in [6.45, 7) is 2.63. The van der Waals surface area contributed by atoms with Crippen molar-refractivity contribution in [2.75, 3.05) is 6.61 Å². The summed E-state index contributed by atoms with van der Waals surface area (Å²) in [7, 11) is 0. The molecule has 1 aliphatic rings. The van der Waals surface area contributed by atoms with Crippen LogP contribution in [-0.4, -0.2) is 17.8 Å². The highest BCUT2D eigenvalue weighted by atomic mass is 16.5. The van der Waals surface area contributed by atoms with Gasteiger partial charge in [-0.25, -0.2) is 0 Å². The van der Waals surface area contributed by atoms with Crippen molar-refractivity contribution in [2.45, 2.75) is 25.5 Å². The molecule has 2 atom stereocenters. The number of hydrogen-bond donors (Lipinski definition) is 2. The van der Waals surface area contributed by atoms with E-state index in [0.717, 1.165) is 17.5 Å². The molecule has 3 nitrogen and oxygen atoms in total. The van der Waals surface area contributed by atoms with Crippen molar-refractivity contribution >= 4 is 0 Å². The quantitative estimate of drug-likeness (QED) is 0.745. The van der Waals surface area contributed by atoms with Crippen molar-refractivity contribution in [1.29, 1.82) is 0 Å². The molecular formula is C11H15NO2. The molecule has 76 valence electrons. The normalized spacial score (nSPS) is 25.0. The molecule has 2 unspecified atom stereocenters. The van der Waals surface area contributed by atoms with Crippen molar-refractivity contribution < 1.29 is 9.84 Å². The Labute approximate surface area is 83.5 Å². The van der Waals surface area contributed by atoms with E-state index in [-0.39, 0.29) is 12.1 Å². The molecule has 0 fully saturated rings. The monoisotopic (exact) mass is 193 g/mol. The van der Waals surface area contributed by atoms with Gasteiger partial charge in [0.1, 0.15) is 5.75 Å². The first-order valence-corrected chi connectivity index (χ1v) is 4.91. The summed E-state index contributed by atoms with van der Waals surface area (Å²) >= 11 is 0. The van der Waals surface area contributed by atoms with Crippen LogP contribution in [0.2, 0.25) is 0 Å². The molecule has 3 heteroatoms. The molecular weight excluding hydrogens is 178 g/mol. The van der Waals surface area contributed by atoms with Crippen LogP contribution in [0.1, 0.15) is 24.2 Å². The van der Waals surface area contributed by atoms with E-state index in [1.54, 1.807) is 12.1 Å². The van der Waals surface area contributed by atoms with Gasteiger partial charge in [-0.3, -0.25) is 0 Å². The summed E-state index contributed by atoms with van der Waals surface area (Å²) < 4.78 is 5.57. The summed E-state index contributed by atoms with van der Waals surface area (Å²) in [4.78, 5) is 0. The molecule has 2 rings (SSSR count). The van der Waals surface area contributed by atoms with Crippen LogP contribution < -0.4 is 5.73 Å². The van der Waals surface area contributed by atoms with Crippen LogP contribution in [0.4, 0.5) is 0 Å². The summed E-state index contributed by atoms with van der Waals surface area (Å²) in [6.07, 6.45) is 0.782. The Bertz CT molecular complexity index is 338. The molecule has 0 bridgehead atoms. The van der Waals surface area contributed by atoms with Gasteiger partial charge in [-0.05, 0) is 36.6 Å². The largest absolute Gasteiger partial charge is 0.508 e. The molecule has 0 saturated carbocycles. The van der Waals surface area contributed by atoms with Crippen LogP contribution >= 0.6 is 0 Å². The number of fused-ring (bicyclic) bond motifs is 1. The van der Waals surface area contributed by atoms with E-state index in [1.165, 1.54) is 0 Å². The second-order valence-corrected chi connectivity index (χ2v) is 3.63. The van der Waals surface area contributed by atoms with Crippen LogP contribution in [0.25, 0.3) is 0 Å². The average Bonchev–Trinajstić information content (AvgIpc) is 2.43. The maximum Gasteiger partial charge on any atom is 0.115 e. The van der Waals surface area contributed by atoms with Gasteiger partial charge in [0.15, 0.2) is 0 Å². The smallest absolute Gasteiger partial charge is 0.115 e. The molecule has 0 saturated heterocycles. The lowest BCUT2D eigenvalue weighted by molar-refractivity contribution is 0.0518. The predicted octanol–water partition coefficient (Wildman–Crippen LogP) is 1.35. The number of rotatable bonds is 2. The molecule has 1 aliphatic carbocycles. The van der Waals surface area contributed by atoms with Gasteiger partial charge < -0.3 is 15.6 Å². The Morgan fingerprint density at radius 1 is 1.57 bits per heavy atom. The third kappa shape index (κ3) is 1.49. The van der Waals surface area contributed by atoms with E-state index in [4.69, 9.17) is 10.5 Å². The maximum atomic E-state index is 9.32. The molecule has 0 aliphatic heterocycles. The fourth-order valence-corrected chi connectivity index (χ4v) is 2.03. The standard InChI is InChI=1S/C11H15NO2/c1-2-14-11-9-4-3-8(13)5-7(9)6-10(11)12/h3-5,10-11,13H,2,6,12H2,1H3. The minimum atomic E-state index is -0.00407. The predicted molar refractivity (Wildman–Crippen MR) is 54.2 cm³/mol. The highest BCUT2D eigenvalue weighted by Gasteiger charge is 2.30. The van der Waals surface area contributed by atoms with Crippen LogP contribution in [0, 0.1) is 0 Å². The first-order chi connectivity index (χ1) is 6.72. The SMILES string of the molecule is CCOC1c2ccc(O)cc2CC1N. The fraction of sp³-hybridized carbons (Fsp3) is 0.455. The molecule has 14 heavy (non-hydrogen) atoms. The Kier molecular flexibility index (Phi) is 2.44. The summed E-state index contributed by atoms with van der Waals surface area (Å²) in [6, 6.07) is 5.38. The van der Waals surface area contributed by atoms with E-state index in [1.807, 2.05) is 13.0 Å². The number of hydrogen-bond acceptors (Lipinski definition) is 3. The number of phenolic OH excluding ortho intramolecular Hbond substituents is 1. The minimum Gasteiger partial charge on any atom is -0.508 e. The van der Waals surface area contributed by atoms with Crippen LogP contribution in [0.3, 0.4) is 0 Å². The van der Waals surface area contributed by atoms with Crippen molar-refractivity contribution in [3.05, 3.63) is 29.3 Å². The number of phenols is 1. The van der Waals surface area contributed by atoms with Gasteiger partial charge >= 0.3 is 0 Å². The Balaban J connectivity index is 2.33. The van der Waals surface area contributed by atoms with E-state index < -0.39 is 0 Å². The molecule has 3 N–H and O–H groups in total. The fourth-order valence-electron chi connectivity index (χ4n) is 2.03. The van der Waals surface area contributed by atoms with E-state index in [9.17, 15) is 5.11 Å². The number of nitrogens with two attached hydrogens (primary N) is 1. The van der Waals surface area contributed by atoms with Gasteiger partial charge in [-0.2, -0.15) is 0 Å². The molecule has 0 amide bonds. The number of ether oxygens (including phenoxy) is 1. The van der Waals surface area contributed by atoms with Crippen molar-refractivity contribution in [3.8, 4) is 5.75 Å². The van der Waals surface area contributed by atoms with Gasteiger partial charge in [-0.1, -0.05) is 6.07 Å². The van der Waals surface area contributed by atoms with E-state index >= 15 is 0 Å². The molecule has 0 spiro atoms. The van der Waals surface area contributed by atoms with Crippen molar-refractivity contribution in [3.63, 3.8) is 0 Å². The number of aromatic hydroxyl groups is 1. The van der Waals surface area contributed by atoms with Crippen molar-refractivity contribution in [1.82, 2.24) is 0 Å². The topological polar surface area (TPSA) is 55.5 Å². The number of benzene rings is 1. The van der Waals surface area contributed by atoms with Crippen LogP contribution in [0.5, 0.6) is 5.75 Å². The zero-order chi connectivity index (χ0) is 10.1. The third-order valence-electron chi connectivity index (χ3n) is 2.62. The Morgan fingerprint density at radius 3 is 3.07 bits per heavy atom. The molecule has 0 heterocycles. The average molecular weight is 193 g/mol. The minimum absolute atomic E-state index is 0.00407. The Morgan fingerprint density at radius 2 is 2.36 bits per heavy atom. The summed E-state index contributed by atoms with van der Waals surface area (Å²) in [5, 5.41) is 9.32. The zero-order valence-corrected chi connectivity index (χ0v) is 8.23. The highest BCUT2D eigenvalue weighted by molar-refractivity contribution is 5.41. The summed E-state index contributed by atoms with van der Waals surface area (Å²) in [5.41, 5.74) is 8.19. The molecule has 0 radical (unpaired) electrons. The summed E-state index contributed by atoms with van der Waals surface area (Å²) in [5.74, 6) is 0.299. The van der Waals surface area contributed by atoms with Crippen LogP contribution in [-0.2, 0) is 11.2 Å².